The monoisotopic (exact) mass is 699 g/mol. The lowest BCUT2D eigenvalue weighted by atomic mass is 10.0. The second-order valence-electron chi connectivity index (χ2n) is 13.9. The van der Waals surface area contributed by atoms with Crippen molar-refractivity contribution in [3.8, 4) is 28.2 Å². The van der Waals surface area contributed by atoms with Crippen molar-refractivity contribution >= 4 is 76.8 Å². The normalized spacial score (nSPS) is 11.6. The fraction of sp³-hybridized carbons (Fsp3) is 0. The lowest BCUT2D eigenvalue weighted by Crippen LogP contribution is -2.00. The lowest BCUT2D eigenvalue weighted by molar-refractivity contribution is 1.13. The van der Waals surface area contributed by atoms with Crippen LogP contribution >= 0.6 is 0 Å². The van der Waals surface area contributed by atoms with Gasteiger partial charge in [0.15, 0.2) is 11.4 Å². The molecule has 254 valence electrons. The number of hydrogen-bond acceptors (Lipinski definition) is 0. The van der Waals surface area contributed by atoms with E-state index in [2.05, 4.69) is 169 Å². The predicted octanol–water partition coefficient (Wildman–Crippen LogP) is 13.7. The zero-order chi connectivity index (χ0) is 36.6. The molecule has 0 saturated carbocycles. The molecule has 0 amide bonds. The average molecular weight is 700 g/mol. The Morgan fingerprint density at radius 1 is 0.364 bits per heavy atom. The van der Waals surface area contributed by atoms with Gasteiger partial charge >= 0.3 is 0 Å². The highest BCUT2D eigenvalue weighted by Crippen LogP contribution is 2.42. The molecule has 0 fully saturated rings. The maximum absolute atomic E-state index is 8.38. The number of nitrogens with zero attached hydrogens (tertiary/aromatic N) is 5. The van der Waals surface area contributed by atoms with E-state index in [1.54, 1.807) is 0 Å². The molecule has 3 aromatic heterocycles. The molecule has 0 aliphatic carbocycles. The van der Waals surface area contributed by atoms with E-state index in [0.29, 0.717) is 11.4 Å². The van der Waals surface area contributed by atoms with Crippen LogP contribution in [0.15, 0.2) is 176 Å². The van der Waals surface area contributed by atoms with Crippen molar-refractivity contribution in [1.82, 2.24) is 13.7 Å². The first-order valence-electron chi connectivity index (χ1n) is 18.3. The largest absolute Gasteiger partial charge is 0.311 e. The SMILES string of the molecule is [C-]#[N+]c1cc(-n2c3ccccc3c3cccc(-n4c5ccccc5c5ccccc54)c32)ccc1-c1ccc(-n2c3ccccc3c3c([N+]#[C-])cccc32)cc1. The van der Waals surface area contributed by atoms with Crippen LogP contribution in [-0.2, 0) is 0 Å². The number of rotatable bonds is 4. The summed E-state index contributed by atoms with van der Waals surface area (Å²) in [4.78, 5) is 7.94. The second kappa shape index (κ2) is 11.8. The zero-order valence-corrected chi connectivity index (χ0v) is 29.5. The number of hydrogen-bond donors (Lipinski definition) is 0. The van der Waals surface area contributed by atoms with Gasteiger partial charge in [-0.2, -0.15) is 0 Å². The van der Waals surface area contributed by atoms with Gasteiger partial charge in [-0.1, -0.05) is 115 Å². The van der Waals surface area contributed by atoms with Gasteiger partial charge in [0.25, 0.3) is 0 Å². The fourth-order valence-corrected chi connectivity index (χ4v) is 8.79. The van der Waals surface area contributed by atoms with Gasteiger partial charge in [-0.25, -0.2) is 9.69 Å². The van der Waals surface area contributed by atoms with Crippen LogP contribution in [0.4, 0.5) is 11.4 Å². The Morgan fingerprint density at radius 2 is 0.873 bits per heavy atom. The molecule has 0 aliphatic rings. The molecule has 5 heteroatoms. The van der Waals surface area contributed by atoms with Gasteiger partial charge in [-0.3, -0.25) is 0 Å². The molecular weight excluding hydrogens is 671 g/mol. The first-order valence-corrected chi connectivity index (χ1v) is 18.3. The van der Waals surface area contributed by atoms with E-state index in [1.807, 2.05) is 30.3 Å². The van der Waals surface area contributed by atoms with Gasteiger partial charge in [-0.05, 0) is 77.2 Å². The first-order chi connectivity index (χ1) is 27.2. The molecule has 5 nitrogen and oxygen atoms in total. The number of benzene rings is 8. The highest BCUT2D eigenvalue weighted by Gasteiger charge is 2.21. The van der Waals surface area contributed by atoms with Crippen LogP contribution in [0.1, 0.15) is 0 Å². The van der Waals surface area contributed by atoms with E-state index in [1.165, 1.54) is 10.8 Å². The van der Waals surface area contributed by atoms with Crippen molar-refractivity contribution in [2.75, 3.05) is 0 Å². The van der Waals surface area contributed by atoms with E-state index in [-0.39, 0.29) is 0 Å². The summed E-state index contributed by atoms with van der Waals surface area (Å²) in [6, 6.07) is 61.2. The molecular formula is C50H29N5. The minimum atomic E-state index is 0.587. The Balaban J connectivity index is 1.08. The molecule has 0 radical (unpaired) electrons. The summed E-state index contributed by atoms with van der Waals surface area (Å²) < 4.78 is 6.93. The second-order valence-corrected chi connectivity index (χ2v) is 13.9. The molecule has 0 N–H and O–H groups in total. The van der Waals surface area contributed by atoms with Crippen LogP contribution in [0.2, 0.25) is 0 Å². The molecule has 0 unspecified atom stereocenters. The van der Waals surface area contributed by atoms with E-state index < -0.39 is 0 Å². The third-order valence-corrected chi connectivity index (χ3v) is 11.1. The van der Waals surface area contributed by atoms with Gasteiger partial charge < -0.3 is 13.7 Å². The minimum Gasteiger partial charge on any atom is -0.311 e. The Morgan fingerprint density at radius 3 is 1.53 bits per heavy atom. The Labute approximate surface area is 316 Å². The summed E-state index contributed by atoms with van der Waals surface area (Å²) in [7, 11) is 0. The van der Waals surface area contributed by atoms with E-state index in [9.17, 15) is 0 Å². The van der Waals surface area contributed by atoms with E-state index in [0.717, 1.165) is 82.8 Å². The summed E-state index contributed by atoms with van der Waals surface area (Å²) >= 11 is 0. The smallest absolute Gasteiger partial charge is 0.197 e. The molecule has 0 saturated heterocycles. The molecule has 55 heavy (non-hydrogen) atoms. The molecule has 11 aromatic rings. The zero-order valence-electron chi connectivity index (χ0n) is 29.5. The summed E-state index contributed by atoms with van der Waals surface area (Å²) in [6.45, 7) is 16.2. The summed E-state index contributed by atoms with van der Waals surface area (Å²) in [5.74, 6) is 0. The summed E-state index contributed by atoms with van der Waals surface area (Å²) in [6.07, 6.45) is 0. The van der Waals surface area contributed by atoms with Crippen LogP contribution in [0.25, 0.3) is 103 Å². The maximum atomic E-state index is 8.38. The standard InChI is InChI=1S/C50H29N5/c1-51-41-18-12-23-47-49(41)40-16-6-10-22-46(40)53(47)33-27-25-32(26-28-33)35-30-29-34(31-42(35)52-2)54-43-19-7-5-15-38(43)39-17-11-24-48(50(39)54)55-44-20-8-3-13-36(44)37-14-4-9-21-45(37)55/h3-31H. The molecule has 3 heterocycles. The highest BCUT2D eigenvalue weighted by molar-refractivity contribution is 6.16. The van der Waals surface area contributed by atoms with Crippen LogP contribution < -0.4 is 0 Å². The van der Waals surface area contributed by atoms with Gasteiger partial charge in [0.1, 0.15) is 0 Å². The Bertz CT molecular complexity index is 3400. The van der Waals surface area contributed by atoms with Gasteiger partial charge in [0.05, 0.1) is 46.4 Å². The van der Waals surface area contributed by atoms with Crippen LogP contribution in [-0.4, -0.2) is 13.7 Å². The van der Waals surface area contributed by atoms with E-state index in [4.69, 9.17) is 13.1 Å². The van der Waals surface area contributed by atoms with Crippen LogP contribution in [0.5, 0.6) is 0 Å². The molecule has 11 rings (SSSR count). The van der Waals surface area contributed by atoms with Gasteiger partial charge in [-0.15, -0.1) is 0 Å². The lowest BCUT2D eigenvalue weighted by Gasteiger charge is -2.16. The van der Waals surface area contributed by atoms with Crippen molar-refractivity contribution in [3.63, 3.8) is 0 Å². The first kappa shape index (κ1) is 30.7. The minimum absolute atomic E-state index is 0.587. The molecule has 0 atom stereocenters. The number of aromatic nitrogens is 3. The molecule has 0 aliphatic heterocycles. The van der Waals surface area contributed by atoms with Crippen molar-refractivity contribution in [1.29, 1.82) is 0 Å². The Kier molecular flexibility index (Phi) is 6.61. The number of para-hydroxylation sites is 5. The fourth-order valence-electron chi connectivity index (χ4n) is 8.79. The van der Waals surface area contributed by atoms with Gasteiger partial charge in [0.2, 0.25) is 0 Å². The van der Waals surface area contributed by atoms with Crippen molar-refractivity contribution in [3.05, 3.63) is 199 Å². The Hall–Kier alpha value is -7.86. The highest BCUT2D eigenvalue weighted by atomic mass is 15.1. The van der Waals surface area contributed by atoms with Gasteiger partial charge in [0, 0.05) is 43.8 Å². The third-order valence-electron chi connectivity index (χ3n) is 11.1. The summed E-state index contributed by atoms with van der Waals surface area (Å²) in [5, 5.41) is 6.79. The van der Waals surface area contributed by atoms with Crippen molar-refractivity contribution in [2.45, 2.75) is 0 Å². The molecule has 0 spiro atoms. The predicted molar refractivity (Wildman–Crippen MR) is 227 cm³/mol. The molecule has 0 bridgehead atoms. The maximum Gasteiger partial charge on any atom is 0.197 e. The topological polar surface area (TPSA) is 23.5 Å². The van der Waals surface area contributed by atoms with E-state index >= 15 is 0 Å². The molecule has 8 aromatic carbocycles. The third kappa shape index (κ3) is 4.39. The van der Waals surface area contributed by atoms with Crippen LogP contribution in [0.3, 0.4) is 0 Å². The van der Waals surface area contributed by atoms with Crippen LogP contribution in [0, 0.1) is 13.1 Å². The van der Waals surface area contributed by atoms with Crippen molar-refractivity contribution < 1.29 is 0 Å². The number of fused-ring (bicyclic) bond motifs is 9. The van der Waals surface area contributed by atoms with Crippen molar-refractivity contribution in [2.24, 2.45) is 0 Å². The quantitative estimate of drug-likeness (QED) is 0.163. The summed E-state index contributed by atoms with van der Waals surface area (Å²) in [5.41, 5.74) is 12.7. The average Bonchev–Trinajstić information content (AvgIpc) is 3.90.